The minimum Gasteiger partial charge on any atom is -0.461 e. The number of thiophene rings is 1. The van der Waals surface area contributed by atoms with Crippen LogP contribution in [0.5, 0.6) is 0 Å². The van der Waals surface area contributed by atoms with Gasteiger partial charge in [0.25, 0.3) is 0 Å². The molecule has 0 bridgehead atoms. The van der Waals surface area contributed by atoms with Crippen molar-refractivity contribution in [1.82, 2.24) is 25.8 Å². The molecule has 0 saturated heterocycles. The molecular weight excluding hydrogens is 439 g/mol. The fourth-order valence-electron chi connectivity index (χ4n) is 2.03. The molecular formula is C15H19IN6OS. The van der Waals surface area contributed by atoms with Gasteiger partial charge in [-0.1, -0.05) is 0 Å². The van der Waals surface area contributed by atoms with Gasteiger partial charge in [-0.2, -0.15) is 0 Å². The lowest BCUT2D eigenvalue weighted by Gasteiger charge is -2.09. The highest BCUT2D eigenvalue weighted by molar-refractivity contribution is 14.0. The van der Waals surface area contributed by atoms with E-state index in [0.29, 0.717) is 29.9 Å². The first-order valence-corrected chi connectivity index (χ1v) is 8.01. The van der Waals surface area contributed by atoms with Crippen molar-refractivity contribution < 1.29 is 4.42 Å². The minimum atomic E-state index is 0. The van der Waals surface area contributed by atoms with Crippen LogP contribution in [0.1, 0.15) is 15.6 Å². The molecule has 0 aromatic carbocycles. The normalized spacial score (nSPS) is 11.2. The average Bonchev–Trinajstić information content (AvgIpc) is 3.28. The number of aromatic amines is 1. The van der Waals surface area contributed by atoms with Crippen LogP contribution in [0.2, 0.25) is 0 Å². The molecule has 3 N–H and O–H groups in total. The second-order valence-electron chi connectivity index (χ2n) is 4.87. The summed E-state index contributed by atoms with van der Waals surface area (Å²) < 4.78 is 5.27. The number of guanidine groups is 1. The summed E-state index contributed by atoms with van der Waals surface area (Å²) in [5, 5.41) is 13.5. The lowest BCUT2D eigenvalue weighted by molar-refractivity contribution is 0.577. The van der Waals surface area contributed by atoms with Crippen LogP contribution in [0.3, 0.4) is 0 Å². The number of halogens is 1. The fraction of sp³-hybridized carbons (Fsp3) is 0.267. The number of furan rings is 1. The van der Waals surface area contributed by atoms with Crippen LogP contribution >= 0.6 is 35.3 Å². The number of aryl methyl sites for hydroxylation is 1. The zero-order chi connectivity index (χ0) is 16.1. The highest BCUT2D eigenvalue weighted by Gasteiger charge is 2.08. The van der Waals surface area contributed by atoms with E-state index in [1.165, 1.54) is 9.75 Å². The summed E-state index contributed by atoms with van der Waals surface area (Å²) in [4.78, 5) is 11.1. The lowest BCUT2D eigenvalue weighted by Crippen LogP contribution is -2.36. The van der Waals surface area contributed by atoms with Crippen molar-refractivity contribution in [2.75, 3.05) is 7.05 Å². The van der Waals surface area contributed by atoms with E-state index < -0.39 is 0 Å². The first-order valence-electron chi connectivity index (χ1n) is 7.19. The Morgan fingerprint density at radius 1 is 1.29 bits per heavy atom. The van der Waals surface area contributed by atoms with E-state index in [1.54, 1.807) is 24.6 Å². The van der Waals surface area contributed by atoms with Gasteiger partial charge in [-0.25, -0.2) is 4.98 Å². The molecule has 3 heterocycles. The molecule has 0 atom stereocenters. The van der Waals surface area contributed by atoms with Crippen molar-refractivity contribution >= 4 is 41.3 Å². The molecule has 0 unspecified atom stereocenters. The van der Waals surface area contributed by atoms with Crippen molar-refractivity contribution in [2.24, 2.45) is 4.99 Å². The maximum Gasteiger partial charge on any atom is 0.216 e. The van der Waals surface area contributed by atoms with Gasteiger partial charge >= 0.3 is 0 Å². The number of hydrogen-bond acceptors (Lipinski definition) is 5. The third kappa shape index (κ3) is 4.81. The van der Waals surface area contributed by atoms with E-state index >= 15 is 0 Å². The predicted molar refractivity (Wildman–Crippen MR) is 106 cm³/mol. The maximum atomic E-state index is 5.27. The third-order valence-electron chi connectivity index (χ3n) is 3.15. The molecule has 0 saturated carbocycles. The Hall–Kier alpha value is -1.88. The Balaban J connectivity index is 0.00000208. The van der Waals surface area contributed by atoms with E-state index in [2.05, 4.69) is 49.9 Å². The van der Waals surface area contributed by atoms with Gasteiger partial charge in [-0.15, -0.1) is 40.4 Å². The number of rotatable bonds is 5. The number of aliphatic imine (C=N–C) groups is 1. The Morgan fingerprint density at radius 2 is 2.12 bits per heavy atom. The van der Waals surface area contributed by atoms with E-state index in [4.69, 9.17) is 4.42 Å². The molecule has 0 aliphatic rings. The Labute approximate surface area is 161 Å². The zero-order valence-electron chi connectivity index (χ0n) is 13.4. The molecule has 3 aromatic heterocycles. The largest absolute Gasteiger partial charge is 0.461 e. The summed E-state index contributed by atoms with van der Waals surface area (Å²) in [6, 6.07) is 7.86. The predicted octanol–water partition coefficient (Wildman–Crippen LogP) is 2.92. The molecule has 0 aliphatic heterocycles. The smallest absolute Gasteiger partial charge is 0.216 e. The number of aromatic nitrogens is 3. The molecule has 0 radical (unpaired) electrons. The van der Waals surface area contributed by atoms with Gasteiger partial charge < -0.3 is 15.1 Å². The van der Waals surface area contributed by atoms with Crippen LogP contribution < -0.4 is 10.6 Å². The standard InChI is InChI=1S/C15H18N6OS.HI/c1-10-5-6-11(23-10)8-17-15(16-2)18-9-13-19-14(21-20-13)12-4-3-7-22-12;/h3-7H,8-9H2,1-2H3,(H2,16,17,18)(H,19,20,21);1H. The molecule has 0 aliphatic carbocycles. The Morgan fingerprint density at radius 3 is 2.79 bits per heavy atom. The second-order valence-corrected chi connectivity index (χ2v) is 6.25. The van der Waals surface area contributed by atoms with Crippen molar-refractivity contribution in [3.63, 3.8) is 0 Å². The number of hydrogen-bond donors (Lipinski definition) is 3. The molecule has 0 spiro atoms. The number of nitrogens with one attached hydrogen (secondary N) is 3. The van der Waals surface area contributed by atoms with Crippen molar-refractivity contribution in [3.05, 3.63) is 46.1 Å². The van der Waals surface area contributed by atoms with Gasteiger partial charge in [0.1, 0.15) is 5.82 Å². The highest BCUT2D eigenvalue weighted by atomic mass is 127. The molecule has 9 heteroatoms. The van der Waals surface area contributed by atoms with Crippen molar-refractivity contribution in [3.8, 4) is 11.6 Å². The summed E-state index contributed by atoms with van der Waals surface area (Å²) in [7, 11) is 1.74. The SMILES string of the molecule is CN=C(NCc1nc(-c2ccco2)n[nH]1)NCc1ccc(C)s1.I. The average molecular weight is 458 g/mol. The van der Waals surface area contributed by atoms with Crippen LogP contribution in [-0.2, 0) is 13.1 Å². The van der Waals surface area contributed by atoms with E-state index in [9.17, 15) is 0 Å². The topological polar surface area (TPSA) is 91.1 Å². The molecule has 7 nitrogen and oxygen atoms in total. The van der Waals surface area contributed by atoms with Crippen LogP contribution in [0, 0.1) is 6.92 Å². The van der Waals surface area contributed by atoms with Gasteiger partial charge in [-0.05, 0) is 31.2 Å². The molecule has 0 fully saturated rings. The first kappa shape index (κ1) is 18.5. The van der Waals surface area contributed by atoms with Crippen molar-refractivity contribution in [2.45, 2.75) is 20.0 Å². The minimum absolute atomic E-state index is 0. The second kappa shape index (κ2) is 8.83. The molecule has 128 valence electrons. The molecule has 24 heavy (non-hydrogen) atoms. The fourth-order valence-corrected chi connectivity index (χ4v) is 2.86. The van der Waals surface area contributed by atoms with E-state index in [1.807, 2.05) is 12.1 Å². The van der Waals surface area contributed by atoms with E-state index in [0.717, 1.165) is 6.54 Å². The third-order valence-corrected chi connectivity index (χ3v) is 4.15. The van der Waals surface area contributed by atoms with Crippen LogP contribution in [0.25, 0.3) is 11.6 Å². The summed E-state index contributed by atoms with van der Waals surface area (Å²) in [5.41, 5.74) is 0. The molecule has 3 aromatic rings. The maximum absolute atomic E-state index is 5.27. The monoisotopic (exact) mass is 458 g/mol. The zero-order valence-corrected chi connectivity index (χ0v) is 16.5. The summed E-state index contributed by atoms with van der Waals surface area (Å²) in [6.07, 6.45) is 1.60. The van der Waals surface area contributed by atoms with Gasteiger partial charge in [-0.3, -0.25) is 10.1 Å². The highest BCUT2D eigenvalue weighted by Crippen LogP contribution is 2.15. The number of nitrogens with zero attached hydrogens (tertiary/aromatic N) is 3. The molecule has 3 rings (SSSR count). The summed E-state index contributed by atoms with van der Waals surface area (Å²) in [5.74, 6) is 2.62. The molecule has 0 amide bonds. The van der Waals surface area contributed by atoms with Gasteiger partial charge in [0.15, 0.2) is 11.7 Å². The first-order chi connectivity index (χ1) is 11.2. The van der Waals surface area contributed by atoms with Crippen molar-refractivity contribution in [1.29, 1.82) is 0 Å². The number of H-pyrrole nitrogens is 1. The van der Waals surface area contributed by atoms with Gasteiger partial charge in [0.05, 0.1) is 19.4 Å². The van der Waals surface area contributed by atoms with Gasteiger partial charge in [0, 0.05) is 16.8 Å². The van der Waals surface area contributed by atoms with E-state index in [-0.39, 0.29) is 24.0 Å². The summed E-state index contributed by atoms with van der Waals surface area (Å²) in [6.45, 7) is 3.34. The summed E-state index contributed by atoms with van der Waals surface area (Å²) >= 11 is 1.77. The van der Waals surface area contributed by atoms with Gasteiger partial charge in [0.2, 0.25) is 5.82 Å². The quantitative estimate of drug-likeness (QED) is 0.311. The van der Waals surface area contributed by atoms with Crippen LogP contribution in [0.4, 0.5) is 0 Å². The van der Waals surface area contributed by atoms with Crippen LogP contribution in [-0.4, -0.2) is 28.2 Å². The Bertz CT molecular complexity index is 780. The van der Waals surface area contributed by atoms with Crippen LogP contribution in [0.15, 0.2) is 39.9 Å². The Kier molecular flexibility index (Phi) is 6.79. The lowest BCUT2D eigenvalue weighted by atomic mass is 10.4.